The van der Waals surface area contributed by atoms with E-state index in [1.54, 1.807) is 4.90 Å². The lowest BCUT2D eigenvalue weighted by Gasteiger charge is -2.31. The lowest BCUT2D eigenvalue weighted by molar-refractivity contribution is 0.523. The van der Waals surface area contributed by atoms with Crippen molar-refractivity contribution in [1.29, 1.82) is 0 Å². The monoisotopic (exact) mass is 275 g/mol. The molecule has 0 amide bonds. The van der Waals surface area contributed by atoms with Crippen molar-refractivity contribution in [2.24, 2.45) is 5.92 Å². The second-order valence-corrected chi connectivity index (χ2v) is 5.45. The van der Waals surface area contributed by atoms with Crippen molar-refractivity contribution in [2.45, 2.75) is 39.6 Å². The van der Waals surface area contributed by atoms with Crippen molar-refractivity contribution in [3.8, 4) is 0 Å². The molecule has 0 aliphatic rings. The highest BCUT2D eigenvalue weighted by atomic mass is 35.5. The Bertz CT molecular complexity index is 382. The number of anilines is 1. The molecule has 0 spiro atoms. The molecule has 1 rings (SSSR count). The molecule has 0 radical (unpaired) electrons. The van der Waals surface area contributed by atoms with E-state index in [1.807, 2.05) is 27.7 Å². The fourth-order valence-electron chi connectivity index (χ4n) is 1.92. The first-order valence-corrected chi connectivity index (χ1v) is 6.70. The summed E-state index contributed by atoms with van der Waals surface area (Å²) in [6.45, 7) is 8.52. The Morgan fingerprint density at radius 1 is 1.11 bits per heavy atom. The third-order valence-corrected chi connectivity index (χ3v) is 3.01. The van der Waals surface area contributed by atoms with Crippen LogP contribution in [-0.2, 0) is 5.88 Å². The first-order valence-electron chi connectivity index (χ1n) is 6.17. The molecule has 102 valence electrons. The van der Waals surface area contributed by atoms with Gasteiger partial charge >= 0.3 is 0 Å². The minimum atomic E-state index is -0.542. The number of hydrogen-bond donors (Lipinski definition) is 0. The van der Waals surface area contributed by atoms with E-state index < -0.39 is 11.6 Å². The lowest BCUT2D eigenvalue weighted by atomic mass is 10.1. The van der Waals surface area contributed by atoms with Crippen molar-refractivity contribution in [2.75, 3.05) is 11.4 Å². The molecule has 1 aromatic rings. The van der Waals surface area contributed by atoms with Crippen molar-refractivity contribution in [1.82, 2.24) is 0 Å². The minimum absolute atomic E-state index is 0.0400. The van der Waals surface area contributed by atoms with Crippen LogP contribution < -0.4 is 4.90 Å². The zero-order valence-corrected chi connectivity index (χ0v) is 12.1. The van der Waals surface area contributed by atoms with Gasteiger partial charge in [-0.25, -0.2) is 8.78 Å². The highest BCUT2D eigenvalue weighted by molar-refractivity contribution is 6.17. The molecule has 0 N–H and O–H groups in total. The standard InChI is InChI=1S/C14H20ClF2N/c1-9(2)8-18(10(3)4)14-12(16)5-11(7-15)6-13(14)17/h5-6,9-10H,7-8H2,1-4H3. The quantitative estimate of drug-likeness (QED) is 0.711. The van der Waals surface area contributed by atoms with E-state index in [1.165, 1.54) is 12.1 Å². The Morgan fingerprint density at radius 3 is 1.94 bits per heavy atom. The predicted octanol–water partition coefficient (Wildman–Crippen LogP) is 4.57. The Labute approximate surface area is 113 Å². The van der Waals surface area contributed by atoms with Gasteiger partial charge in [-0.15, -0.1) is 11.6 Å². The van der Waals surface area contributed by atoms with Crippen LogP contribution in [0.3, 0.4) is 0 Å². The molecule has 1 aromatic carbocycles. The lowest BCUT2D eigenvalue weighted by Crippen LogP contribution is -2.35. The van der Waals surface area contributed by atoms with Crippen LogP contribution in [0.4, 0.5) is 14.5 Å². The minimum Gasteiger partial charge on any atom is -0.364 e. The average molecular weight is 276 g/mol. The second-order valence-electron chi connectivity index (χ2n) is 5.18. The van der Waals surface area contributed by atoms with Gasteiger partial charge in [-0.05, 0) is 37.5 Å². The van der Waals surface area contributed by atoms with Crippen LogP contribution in [0, 0.1) is 17.6 Å². The Kier molecular flexibility index (Phi) is 5.39. The summed E-state index contributed by atoms with van der Waals surface area (Å²) < 4.78 is 28.0. The normalized spacial score (nSPS) is 11.4. The second kappa shape index (κ2) is 6.37. The summed E-state index contributed by atoms with van der Waals surface area (Å²) in [6, 6.07) is 2.65. The smallest absolute Gasteiger partial charge is 0.149 e. The molecule has 4 heteroatoms. The molecule has 0 bridgehead atoms. The van der Waals surface area contributed by atoms with Crippen LogP contribution in [0.15, 0.2) is 12.1 Å². The van der Waals surface area contributed by atoms with Crippen molar-refractivity contribution < 1.29 is 8.78 Å². The van der Waals surface area contributed by atoms with Gasteiger partial charge in [0.15, 0.2) is 0 Å². The zero-order valence-electron chi connectivity index (χ0n) is 11.3. The highest BCUT2D eigenvalue weighted by Gasteiger charge is 2.21. The largest absolute Gasteiger partial charge is 0.364 e. The molecule has 0 saturated heterocycles. The summed E-state index contributed by atoms with van der Waals surface area (Å²) in [7, 11) is 0. The van der Waals surface area contributed by atoms with Crippen LogP contribution in [0.25, 0.3) is 0 Å². The third kappa shape index (κ3) is 3.58. The summed E-state index contributed by atoms with van der Waals surface area (Å²) in [5.74, 6) is -0.640. The fourth-order valence-corrected chi connectivity index (χ4v) is 2.08. The van der Waals surface area contributed by atoms with Crippen molar-refractivity contribution >= 4 is 17.3 Å². The summed E-state index contributed by atoms with van der Waals surface area (Å²) >= 11 is 5.60. The van der Waals surface area contributed by atoms with Crippen LogP contribution in [0.2, 0.25) is 0 Å². The molecule has 0 aliphatic heterocycles. The summed E-state index contributed by atoms with van der Waals surface area (Å²) in [5.41, 5.74) is 0.510. The van der Waals surface area contributed by atoms with E-state index in [-0.39, 0.29) is 17.6 Å². The number of alkyl halides is 1. The molecule has 18 heavy (non-hydrogen) atoms. The van der Waals surface area contributed by atoms with Gasteiger partial charge in [0.05, 0.1) is 0 Å². The molecule has 0 heterocycles. The molecule has 0 atom stereocenters. The molecule has 0 saturated carbocycles. The molecule has 0 unspecified atom stereocenters. The van der Waals surface area contributed by atoms with E-state index in [2.05, 4.69) is 0 Å². The Balaban J connectivity index is 3.19. The molecule has 0 fully saturated rings. The SMILES string of the molecule is CC(C)CN(c1c(F)cc(CCl)cc1F)C(C)C. The molecule has 0 aromatic heterocycles. The number of rotatable bonds is 5. The maximum Gasteiger partial charge on any atom is 0.149 e. The maximum absolute atomic E-state index is 14.0. The summed E-state index contributed by atoms with van der Waals surface area (Å²) in [5, 5.41) is 0. The van der Waals surface area contributed by atoms with E-state index in [9.17, 15) is 8.78 Å². The van der Waals surface area contributed by atoms with Gasteiger partial charge in [0, 0.05) is 18.5 Å². The van der Waals surface area contributed by atoms with Gasteiger partial charge in [0.2, 0.25) is 0 Å². The molecular weight excluding hydrogens is 256 g/mol. The summed E-state index contributed by atoms with van der Waals surface area (Å²) in [4.78, 5) is 1.76. The van der Waals surface area contributed by atoms with Gasteiger partial charge in [-0.1, -0.05) is 13.8 Å². The first-order chi connectivity index (χ1) is 8.36. The van der Waals surface area contributed by atoms with Gasteiger partial charge in [-0.2, -0.15) is 0 Å². The Morgan fingerprint density at radius 2 is 1.61 bits per heavy atom. The fraction of sp³-hybridized carbons (Fsp3) is 0.571. The first kappa shape index (κ1) is 15.2. The molecule has 0 aliphatic carbocycles. The topological polar surface area (TPSA) is 3.24 Å². The number of halogens is 3. The van der Waals surface area contributed by atoms with Gasteiger partial charge in [-0.3, -0.25) is 0 Å². The van der Waals surface area contributed by atoms with Crippen LogP contribution in [0.5, 0.6) is 0 Å². The van der Waals surface area contributed by atoms with Gasteiger partial charge < -0.3 is 4.90 Å². The van der Waals surface area contributed by atoms with Gasteiger partial charge in [0.25, 0.3) is 0 Å². The van der Waals surface area contributed by atoms with E-state index >= 15 is 0 Å². The summed E-state index contributed by atoms with van der Waals surface area (Å²) in [6.07, 6.45) is 0. The number of benzene rings is 1. The van der Waals surface area contributed by atoms with Crippen molar-refractivity contribution in [3.63, 3.8) is 0 Å². The van der Waals surface area contributed by atoms with Crippen LogP contribution >= 0.6 is 11.6 Å². The van der Waals surface area contributed by atoms with Crippen LogP contribution in [0.1, 0.15) is 33.3 Å². The van der Waals surface area contributed by atoms with E-state index in [0.717, 1.165) is 0 Å². The van der Waals surface area contributed by atoms with E-state index in [4.69, 9.17) is 11.6 Å². The predicted molar refractivity (Wildman–Crippen MR) is 73.2 cm³/mol. The average Bonchev–Trinajstić information content (AvgIpc) is 2.25. The van der Waals surface area contributed by atoms with E-state index in [0.29, 0.717) is 18.0 Å². The van der Waals surface area contributed by atoms with Crippen molar-refractivity contribution in [3.05, 3.63) is 29.3 Å². The maximum atomic E-state index is 14.0. The third-order valence-electron chi connectivity index (χ3n) is 2.70. The number of nitrogens with zero attached hydrogens (tertiary/aromatic N) is 1. The molecule has 1 nitrogen and oxygen atoms in total. The number of hydrogen-bond acceptors (Lipinski definition) is 1. The van der Waals surface area contributed by atoms with Crippen LogP contribution in [-0.4, -0.2) is 12.6 Å². The van der Waals surface area contributed by atoms with Gasteiger partial charge in [0.1, 0.15) is 17.3 Å². The Hall–Kier alpha value is -0.830. The molecular formula is C14H20ClF2N. The zero-order chi connectivity index (χ0) is 13.9. The highest BCUT2D eigenvalue weighted by Crippen LogP contribution is 2.28.